The number of amides is 1. The van der Waals surface area contributed by atoms with Gasteiger partial charge in [-0.25, -0.2) is 4.98 Å². The highest BCUT2D eigenvalue weighted by atomic mass is 16.3. The largest absolute Gasteiger partial charge is 0.463 e. The lowest BCUT2D eigenvalue weighted by molar-refractivity contribution is 0.102. The van der Waals surface area contributed by atoms with Crippen LogP contribution < -0.4 is 5.32 Å². The lowest BCUT2D eigenvalue weighted by Gasteiger charge is -2.12. The smallest absolute Gasteiger partial charge is 0.256 e. The lowest BCUT2D eigenvalue weighted by atomic mass is 9.98. The van der Waals surface area contributed by atoms with E-state index >= 15 is 0 Å². The molecule has 2 aromatic heterocycles. The molecule has 0 fully saturated rings. The molecule has 1 unspecified atom stereocenters. The van der Waals surface area contributed by atoms with E-state index in [2.05, 4.69) is 36.3 Å². The Labute approximate surface area is 164 Å². The van der Waals surface area contributed by atoms with Crippen LogP contribution in [0.4, 0.5) is 5.69 Å². The highest BCUT2D eigenvalue weighted by Gasteiger charge is 2.15. The van der Waals surface area contributed by atoms with Gasteiger partial charge < -0.3 is 9.73 Å². The Balaban J connectivity index is 1.68. The summed E-state index contributed by atoms with van der Waals surface area (Å²) >= 11 is 0. The van der Waals surface area contributed by atoms with Crippen molar-refractivity contribution < 1.29 is 9.21 Å². The van der Waals surface area contributed by atoms with Gasteiger partial charge in [0.25, 0.3) is 5.91 Å². The van der Waals surface area contributed by atoms with Gasteiger partial charge in [-0.3, -0.25) is 4.79 Å². The van der Waals surface area contributed by atoms with Crippen molar-refractivity contribution in [3.8, 4) is 11.5 Å². The fourth-order valence-corrected chi connectivity index (χ4v) is 3.24. The number of fused-ring (bicyclic) bond motifs is 1. The number of aromatic nitrogens is 1. The Kier molecular flexibility index (Phi) is 4.94. The van der Waals surface area contributed by atoms with E-state index in [1.165, 1.54) is 5.56 Å². The van der Waals surface area contributed by atoms with Gasteiger partial charge in [0, 0.05) is 11.1 Å². The minimum Gasteiger partial charge on any atom is -0.463 e. The van der Waals surface area contributed by atoms with Crippen LogP contribution in [0.1, 0.15) is 42.1 Å². The SMILES string of the molecule is CCC(C)c1ccc(NC(=O)c2cc(-c3ccco3)nc3ccccc23)cc1. The van der Waals surface area contributed by atoms with Crippen LogP contribution in [0.5, 0.6) is 0 Å². The van der Waals surface area contributed by atoms with E-state index in [9.17, 15) is 4.79 Å². The monoisotopic (exact) mass is 370 g/mol. The first-order valence-corrected chi connectivity index (χ1v) is 9.50. The van der Waals surface area contributed by atoms with Crippen LogP contribution in [0.25, 0.3) is 22.4 Å². The van der Waals surface area contributed by atoms with Crippen molar-refractivity contribution in [2.75, 3.05) is 5.32 Å². The van der Waals surface area contributed by atoms with Crippen LogP contribution in [-0.2, 0) is 0 Å². The molecule has 0 aliphatic rings. The predicted molar refractivity (Wildman–Crippen MR) is 113 cm³/mol. The molecule has 1 N–H and O–H groups in total. The number of nitrogens with one attached hydrogen (secondary N) is 1. The number of pyridine rings is 1. The average Bonchev–Trinajstić information content (AvgIpc) is 3.28. The third kappa shape index (κ3) is 3.54. The van der Waals surface area contributed by atoms with Gasteiger partial charge in [-0.2, -0.15) is 0 Å². The fraction of sp³-hybridized carbons (Fsp3) is 0.167. The van der Waals surface area contributed by atoms with E-state index in [1.54, 1.807) is 12.3 Å². The molecule has 4 nitrogen and oxygen atoms in total. The summed E-state index contributed by atoms with van der Waals surface area (Å²) in [6, 6.07) is 21.1. The molecule has 2 aromatic carbocycles. The molecule has 0 spiro atoms. The molecule has 0 aliphatic carbocycles. The van der Waals surface area contributed by atoms with E-state index in [4.69, 9.17) is 4.42 Å². The van der Waals surface area contributed by atoms with Crippen molar-refractivity contribution in [1.29, 1.82) is 0 Å². The second-order valence-electron chi connectivity index (χ2n) is 6.93. The summed E-state index contributed by atoms with van der Waals surface area (Å²) in [5.74, 6) is 0.977. The molecule has 140 valence electrons. The Bertz CT molecular complexity index is 1100. The van der Waals surface area contributed by atoms with Gasteiger partial charge in [-0.15, -0.1) is 0 Å². The number of rotatable bonds is 5. The summed E-state index contributed by atoms with van der Waals surface area (Å²) in [7, 11) is 0. The highest BCUT2D eigenvalue weighted by Crippen LogP contribution is 2.26. The van der Waals surface area contributed by atoms with Crippen LogP contribution in [-0.4, -0.2) is 10.9 Å². The van der Waals surface area contributed by atoms with Gasteiger partial charge in [0.15, 0.2) is 5.76 Å². The Morgan fingerprint density at radius 1 is 1.07 bits per heavy atom. The number of nitrogens with zero attached hydrogens (tertiary/aromatic N) is 1. The minimum absolute atomic E-state index is 0.164. The third-order valence-corrected chi connectivity index (χ3v) is 5.08. The zero-order valence-corrected chi connectivity index (χ0v) is 16.0. The molecule has 2 heterocycles. The summed E-state index contributed by atoms with van der Waals surface area (Å²) in [6.07, 6.45) is 2.69. The Morgan fingerprint density at radius 2 is 1.86 bits per heavy atom. The molecular weight excluding hydrogens is 348 g/mol. The van der Waals surface area contributed by atoms with Crippen molar-refractivity contribution >= 4 is 22.5 Å². The van der Waals surface area contributed by atoms with Crippen molar-refractivity contribution in [2.24, 2.45) is 0 Å². The van der Waals surface area contributed by atoms with Gasteiger partial charge in [-0.05, 0) is 54.3 Å². The molecule has 1 amide bonds. The third-order valence-electron chi connectivity index (χ3n) is 5.08. The van der Waals surface area contributed by atoms with E-state index in [1.807, 2.05) is 48.5 Å². The van der Waals surface area contributed by atoms with Crippen molar-refractivity contribution in [3.63, 3.8) is 0 Å². The first-order chi connectivity index (χ1) is 13.7. The minimum atomic E-state index is -0.164. The number of anilines is 1. The second kappa shape index (κ2) is 7.69. The zero-order chi connectivity index (χ0) is 19.5. The molecule has 0 saturated heterocycles. The van der Waals surface area contributed by atoms with Crippen LogP contribution in [0.15, 0.2) is 77.4 Å². The number of furan rings is 1. The standard InChI is InChI=1S/C24H22N2O2/c1-3-16(2)17-10-12-18(13-11-17)25-24(27)20-15-22(23-9-6-14-28-23)26-21-8-5-4-7-19(20)21/h4-16H,3H2,1-2H3,(H,25,27). The van der Waals surface area contributed by atoms with Gasteiger partial charge >= 0.3 is 0 Å². The molecule has 4 aromatic rings. The Hall–Kier alpha value is -3.40. The van der Waals surface area contributed by atoms with Gasteiger partial charge in [0.05, 0.1) is 17.3 Å². The maximum Gasteiger partial charge on any atom is 0.256 e. The molecule has 0 aliphatic heterocycles. The average molecular weight is 370 g/mol. The summed E-state index contributed by atoms with van der Waals surface area (Å²) < 4.78 is 5.47. The summed E-state index contributed by atoms with van der Waals surface area (Å²) in [4.78, 5) is 17.7. The van der Waals surface area contributed by atoms with Crippen LogP contribution in [0, 0.1) is 0 Å². The lowest BCUT2D eigenvalue weighted by Crippen LogP contribution is -2.13. The van der Waals surface area contributed by atoms with Crippen LogP contribution in [0.3, 0.4) is 0 Å². The number of para-hydroxylation sites is 1. The second-order valence-corrected chi connectivity index (χ2v) is 6.93. The van der Waals surface area contributed by atoms with E-state index < -0.39 is 0 Å². The van der Waals surface area contributed by atoms with E-state index in [0.29, 0.717) is 22.9 Å². The van der Waals surface area contributed by atoms with Crippen molar-refractivity contribution in [3.05, 3.63) is 84.1 Å². The van der Waals surface area contributed by atoms with Crippen molar-refractivity contribution in [1.82, 2.24) is 4.98 Å². The summed E-state index contributed by atoms with van der Waals surface area (Å²) in [5.41, 5.74) is 4.02. The number of carbonyl (C=O) groups excluding carboxylic acids is 1. The number of carbonyl (C=O) groups is 1. The van der Waals surface area contributed by atoms with Crippen LogP contribution in [0.2, 0.25) is 0 Å². The van der Waals surface area contributed by atoms with E-state index in [0.717, 1.165) is 23.0 Å². The predicted octanol–water partition coefficient (Wildman–Crippen LogP) is 6.26. The first kappa shape index (κ1) is 18.0. The molecule has 4 heteroatoms. The van der Waals surface area contributed by atoms with Gasteiger partial charge in [0.1, 0.15) is 5.69 Å². The molecule has 0 radical (unpaired) electrons. The molecule has 28 heavy (non-hydrogen) atoms. The Morgan fingerprint density at radius 3 is 2.57 bits per heavy atom. The van der Waals surface area contributed by atoms with E-state index in [-0.39, 0.29) is 5.91 Å². The fourth-order valence-electron chi connectivity index (χ4n) is 3.24. The number of hydrogen-bond donors (Lipinski definition) is 1. The number of benzene rings is 2. The van der Waals surface area contributed by atoms with Gasteiger partial charge in [0.2, 0.25) is 0 Å². The maximum atomic E-state index is 13.1. The molecule has 1 atom stereocenters. The highest BCUT2D eigenvalue weighted by molar-refractivity contribution is 6.13. The zero-order valence-electron chi connectivity index (χ0n) is 16.0. The summed E-state index contributed by atoms with van der Waals surface area (Å²) in [6.45, 7) is 4.37. The quantitative estimate of drug-likeness (QED) is 0.451. The molecule has 0 saturated carbocycles. The molecule has 4 rings (SSSR count). The molecule has 0 bridgehead atoms. The van der Waals surface area contributed by atoms with Crippen molar-refractivity contribution in [2.45, 2.75) is 26.2 Å². The normalized spacial score (nSPS) is 12.1. The first-order valence-electron chi connectivity index (χ1n) is 9.50. The topological polar surface area (TPSA) is 55.1 Å². The maximum absolute atomic E-state index is 13.1. The van der Waals surface area contributed by atoms with Gasteiger partial charge in [-0.1, -0.05) is 44.2 Å². The molecular formula is C24H22N2O2. The van der Waals surface area contributed by atoms with Crippen LogP contribution >= 0.6 is 0 Å². The summed E-state index contributed by atoms with van der Waals surface area (Å²) in [5, 5.41) is 3.82. The number of hydrogen-bond acceptors (Lipinski definition) is 3.